The summed E-state index contributed by atoms with van der Waals surface area (Å²) in [5, 5.41) is 86.6. The number of aliphatic carboxylic acids is 4. The molecule has 0 unspecified atom stereocenters. The molecule has 40 nitrogen and oxygen atoms in total. The summed E-state index contributed by atoms with van der Waals surface area (Å²) in [4.78, 5) is 235. The zero-order valence-corrected chi connectivity index (χ0v) is 63.8. The molecule has 1 heterocycles. The minimum Gasteiger partial charge on any atom is -0.508 e. The maximum absolute atomic E-state index is 14.5. The summed E-state index contributed by atoms with van der Waals surface area (Å²) in [6.07, 6.45) is -4.68. The van der Waals surface area contributed by atoms with Gasteiger partial charge in [0, 0.05) is 32.4 Å². The number of nitrogens with zero attached hydrogens (tertiary/aromatic N) is 2. The monoisotopic (exact) mass is 1560 g/mol. The number of phenolic OH excluding ortho intramolecular Hbond substituents is 1. The Morgan fingerprint density at radius 3 is 1.42 bits per heavy atom. The summed E-state index contributed by atoms with van der Waals surface area (Å²) in [5.41, 5.74) is 22.4. The highest BCUT2D eigenvalue weighted by molar-refractivity contribution is 6.01. The highest BCUT2D eigenvalue weighted by atomic mass is 16.4. The molecule has 0 saturated carbocycles. The van der Waals surface area contributed by atoms with Crippen molar-refractivity contribution in [3.05, 3.63) is 29.8 Å². The van der Waals surface area contributed by atoms with Crippen molar-refractivity contribution in [1.29, 1.82) is 0 Å². The number of benzene rings is 1. The van der Waals surface area contributed by atoms with Crippen molar-refractivity contribution in [3.8, 4) is 5.75 Å². The van der Waals surface area contributed by atoms with E-state index >= 15 is 0 Å². The number of aromatic hydroxyl groups is 1. The van der Waals surface area contributed by atoms with Crippen molar-refractivity contribution in [2.24, 2.45) is 57.5 Å². The van der Waals surface area contributed by atoms with Crippen LogP contribution < -0.4 is 81.4 Å². The third-order valence-corrected chi connectivity index (χ3v) is 17.6. The number of guanidine groups is 1. The minimum absolute atomic E-state index is 0.0359. The largest absolute Gasteiger partial charge is 0.508 e. The van der Waals surface area contributed by atoms with E-state index in [1.54, 1.807) is 34.6 Å². The second kappa shape index (κ2) is 47.2. The van der Waals surface area contributed by atoms with Gasteiger partial charge >= 0.3 is 23.9 Å². The number of carboxylic acids is 4. The molecular formula is C70H113N17O23. The van der Waals surface area contributed by atoms with Gasteiger partial charge in [0.15, 0.2) is 5.96 Å². The van der Waals surface area contributed by atoms with Gasteiger partial charge in [0.05, 0.1) is 25.5 Å². The number of phenols is 1. The van der Waals surface area contributed by atoms with Gasteiger partial charge in [-0.3, -0.25) is 81.7 Å². The summed E-state index contributed by atoms with van der Waals surface area (Å²) in [6.45, 7) is 15.4. The standard InChI is InChI=1S/C70H113N17O23/c1-11-37(10)56(67(107)77-42(21-23-52(91)92)68(108)87-25-13-15-50(87)65(105)78-43(69(109)110)14-12-24-75-70(73)74)86-58(98)41(20-22-51(72)90)76-64(104)49(32-88)84-60(100)46(29-38-16-18-39(89)19-17-38)81-61(101)47(30-53(93)94)82-59(99)44(27-34(4)5)80-62(102)48(31-54(95)96)83-66(106)55(36(8)9)85-63(103)45(28-35(6)7)79-57(97)40(71)26-33(2)3/h16-19,33-37,40-50,55-56,88-89H,11-15,20-32,71H2,1-10H3,(H2,72,90)(H,76,104)(H,77,107)(H,78,105)(H,79,97)(H,80,102)(H,81,101)(H,82,99)(H,83,106)(H,84,100)(H,85,103)(H,86,98)(H,91,92)(H,93,94)(H,95,96)(H,109,110)(H4,73,74,75)/t37-,40-,41-,42-,43-,44-,45-,46-,47-,48-,49-,50-,55-,56-/m0/s1. The molecule has 616 valence electrons. The number of primary amides is 1. The predicted molar refractivity (Wildman–Crippen MR) is 393 cm³/mol. The first-order valence-corrected chi connectivity index (χ1v) is 36.4. The van der Waals surface area contributed by atoms with Crippen LogP contribution in [0.2, 0.25) is 0 Å². The van der Waals surface area contributed by atoms with E-state index in [1.165, 1.54) is 45.0 Å². The summed E-state index contributed by atoms with van der Waals surface area (Å²) in [7, 11) is 0. The second-order valence-electron chi connectivity index (χ2n) is 28.8. The first-order valence-electron chi connectivity index (χ1n) is 36.4. The van der Waals surface area contributed by atoms with Crippen LogP contribution >= 0.6 is 0 Å². The molecule has 14 atom stereocenters. The highest BCUT2D eigenvalue weighted by Crippen LogP contribution is 2.22. The average Bonchev–Trinajstić information content (AvgIpc) is 1.63. The normalized spacial score (nSPS) is 16.2. The molecule has 1 aliphatic rings. The fourth-order valence-electron chi connectivity index (χ4n) is 11.6. The minimum atomic E-state index is -2.11. The van der Waals surface area contributed by atoms with Crippen LogP contribution in [0.15, 0.2) is 29.3 Å². The lowest BCUT2D eigenvalue weighted by atomic mass is 9.96. The fraction of sp³-hybridized carbons (Fsp3) is 0.657. The van der Waals surface area contributed by atoms with Crippen LogP contribution in [0.4, 0.5) is 0 Å². The van der Waals surface area contributed by atoms with Gasteiger partial charge in [-0.25, -0.2) is 4.79 Å². The van der Waals surface area contributed by atoms with Crippen molar-refractivity contribution in [1.82, 2.24) is 63.4 Å². The topological polar surface area (TPSA) is 664 Å². The molecular weight excluding hydrogens is 1450 g/mol. The fourth-order valence-corrected chi connectivity index (χ4v) is 11.6. The molecule has 1 saturated heterocycles. The third kappa shape index (κ3) is 34.2. The number of aliphatic hydroxyl groups excluding tert-OH is 1. The molecule has 0 aliphatic carbocycles. The van der Waals surface area contributed by atoms with Gasteiger partial charge in [0.1, 0.15) is 78.3 Å². The van der Waals surface area contributed by atoms with Crippen LogP contribution in [-0.2, 0) is 87.9 Å². The van der Waals surface area contributed by atoms with E-state index in [2.05, 4.69) is 63.5 Å². The summed E-state index contributed by atoms with van der Waals surface area (Å²) >= 11 is 0. The molecule has 0 aromatic heterocycles. The van der Waals surface area contributed by atoms with Crippen LogP contribution in [0.5, 0.6) is 5.75 Å². The first-order chi connectivity index (χ1) is 51.4. The third-order valence-electron chi connectivity index (χ3n) is 17.6. The van der Waals surface area contributed by atoms with Gasteiger partial charge in [-0.05, 0) is 105 Å². The number of carbonyl (C=O) groups excluding carboxylic acids is 13. The molecule has 13 amide bonds. The number of carboxylic acid groups (broad SMARTS) is 4. The molecule has 1 aromatic rings. The Morgan fingerprint density at radius 2 is 0.927 bits per heavy atom. The Bertz CT molecular complexity index is 3410. The van der Waals surface area contributed by atoms with E-state index in [0.29, 0.717) is 6.42 Å². The van der Waals surface area contributed by atoms with Gasteiger partial charge in [0.2, 0.25) is 76.8 Å². The van der Waals surface area contributed by atoms with Gasteiger partial charge in [-0.1, -0.05) is 87.8 Å². The number of nitrogens with two attached hydrogens (primary N) is 4. The zero-order chi connectivity index (χ0) is 83.6. The number of carbonyl (C=O) groups is 17. The maximum atomic E-state index is 14.5. The quantitative estimate of drug-likeness (QED) is 0.0166. The Morgan fingerprint density at radius 1 is 0.491 bits per heavy atom. The van der Waals surface area contributed by atoms with Crippen LogP contribution in [0, 0.1) is 29.6 Å². The summed E-state index contributed by atoms with van der Waals surface area (Å²) < 4.78 is 0. The van der Waals surface area contributed by atoms with Crippen LogP contribution in [0.25, 0.3) is 0 Å². The Kier molecular flexibility index (Phi) is 40.9. The molecule has 1 aromatic carbocycles. The first kappa shape index (κ1) is 95.3. The molecule has 0 spiro atoms. The van der Waals surface area contributed by atoms with Crippen molar-refractivity contribution < 1.29 is 112 Å². The maximum Gasteiger partial charge on any atom is 0.326 e. The van der Waals surface area contributed by atoms with E-state index < -0.39 is 249 Å². The van der Waals surface area contributed by atoms with E-state index in [4.69, 9.17) is 22.9 Å². The Labute approximate surface area is 636 Å². The number of nitrogens with one attached hydrogen (secondary N) is 11. The smallest absolute Gasteiger partial charge is 0.326 e. The lowest BCUT2D eigenvalue weighted by Gasteiger charge is -2.31. The van der Waals surface area contributed by atoms with Crippen LogP contribution in [0.3, 0.4) is 0 Å². The number of rotatable bonds is 50. The number of hydrogen-bond acceptors (Lipinski definition) is 21. The highest BCUT2D eigenvalue weighted by Gasteiger charge is 2.42. The molecule has 1 aliphatic heterocycles. The van der Waals surface area contributed by atoms with Crippen molar-refractivity contribution >= 4 is 107 Å². The Hall–Kier alpha value is -10.8. The van der Waals surface area contributed by atoms with Gasteiger partial charge in [-0.15, -0.1) is 0 Å². The molecule has 25 N–H and O–H groups in total. The molecule has 2 rings (SSSR count). The molecule has 0 bridgehead atoms. The van der Waals surface area contributed by atoms with E-state index in [0.717, 1.165) is 4.90 Å². The number of aliphatic hydroxyl groups is 1. The zero-order valence-electron chi connectivity index (χ0n) is 63.8. The summed E-state index contributed by atoms with van der Waals surface area (Å²) in [5.74, 6) is -22.7. The number of likely N-dealkylation sites (tertiary alicyclic amines) is 1. The number of amides is 13. The number of hydrogen-bond donors (Lipinski definition) is 21. The second-order valence-corrected chi connectivity index (χ2v) is 28.8. The van der Waals surface area contributed by atoms with E-state index in [9.17, 15) is 112 Å². The SMILES string of the molecule is CC[C@H](C)[C@H](NC(=O)[C@H](CCC(N)=O)NC(=O)[C@H](CO)NC(=O)[C@H](Cc1ccc(O)cc1)NC(=O)[C@H](CC(=O)O)NC(=O)[C@H](CC(C)C)NC(=O)[C@H](CC(=O)O)NC(=O)[C@@H](NC(=O)[C@H](CC(C)C)NC(=O)[C@@H](N)CC(C)C)C(C)C)C(=O)N[C@@H](CCC(=O)O)C(=O)N1CCC[C@H]1C(=O)N[C@@H](CCCN=C(N)N)C(=O)O. The van der Waals surface area contributed by atoms with Gasteiger partial charge in [0.25, 0.3) is 0 Å². The lowest BCUT2D eigenvalue weighted by Crippen LogP contribution is -2.62. The van der Waals surface area contributed by atoms with E-state index in [1.807, 2.05) is 13.8 Å². The van der Waals surface area contributed by atoms with Crippen LogP contribution in [-0.4, -0.2) is 240 Å². The van der Waals surface area contributed by atoms with E-state index in [-0.39, 0.29) is 87.1 Å². The molecule has 1 fully saturated rings. The van der Waals surface area contributed by atoms with Crippen molar-refractivity contribution in [3.63, 3.8) is 0 Å². The van der Waals surface area contributed by atoms with Gasteiger partial charge < -0.3 is 117 Å². The predicted octanol–water partition coefficient (Wildman–Crippen LogP) is -4.36. The lowest BCUT2D eigenvalue weighted by molar-refractivity contribution is -0.145. The summed E-state index contributed by atoms with van der Waals surface area (Å²) in [6, 6.07) is -16.1. The van der Waals surface area contributed by atoms with Crippen molar-refractivity contribution in [2.45, 2.75) is 244 Å². The molecule has 110 heavy (non-hydrogen) atoms. The van der Waals surface area contributed by atoms with Crippen molar-refractivity contribution in [2.75, 3.05) is 19.7 Å². The molecule has 40 heteroatoms. The molecule has 0 radical (unpaired) electrons. The van der Waals surface area contributed by atoms with Crippen LogP contribution in [0.1, 0.15) is 165 Å². The Balaban J connectivity index is 2.53. The number of aliphatic imine (C=N–C) groups is 1. The van der Waals surface area contributed by atoms with Gasteiger partial charge in [-0.2, -0.15) is 0 Å². The average molecular weight is 1560 g/mol.